The molecule has 1 unspecified atom stereocenters. The quantitative estimate of drug-likeness (QED) is 0.908. The molecular formula is C13H16ClN3. The average molecular weight is 250 g/mol. The number of aromatic nitrogens is 2. The molecule has 4 heteroatoms. The summed E-state index contributed by atoms with van der Waals surface area (Å²) >= 11 is 6.29. The van der Waals surface area contributed by atoms with E-state index in [1.165, 1.54) is 0 Å². The van der Waals surface area contributed by atoms with Crippen molar-refractivity contribution in [2.75, 3.05) is 0 Å². The van der Waals surface area contributed by atoms with Crippen molar-refractivity contribution in [3.63, 3.8) is 0 Å². The van der Waals surface area contributed by atoms with Gasteiger partial charge in [-0.1, -0.05) is 24.6 Å². The van der Waals surface area contributed by atoms with Crippen LogP contribution in [-0.2, 0) is 6.42 Å². The summed E-state index contributed by atoms with van der Waals surface area (Å²) in [7, 11) is 0. The summed E-state index contributed by atoms with van der Waals surface area (Å²) in [5.74, 6) is 1.00. The van der Waals surface area contributed by atoms with Crippen LogP contribution in [0.2, 0.25) is 5.02 Å². The number of rotatable bonds is 3. The molecule has 90 valence electrons. The van der Waals surface area contributed by atoms with E-state index in [1.807, 2.05) is 35.9 Å². The Kier molecular flexibility index (Phi) is 3.50. The van der Waals surface area contributed by atoms with Crippen LogP contribution in [0.4, 0.5) is 0 Å². The first-order chi connectivity index (χ1) is 8.13. The molecule has 0 radical (unpaired) electrons. The lowest BCUT2D eigenvalue weighted by Gasteiger charge is -2.12. The van der Waals surface area contributed by atoms with Gasteiger partial charge in [-0.25, -0.2) is 4.98 Å². The second kappa shape index (κ2) is 4.90. The van der Waals surface area contributed by atoms with Crippen LogP contribution in [0.25, 0.3) is 5.69 Å². The highest BCUT2D eigenvalue weighted by atomic mass is 35.5. The van der Waals surface area contributed by atoms with Crippen molar-refractivity contribution in [1.82, 2.24) is 9.55 Å². The van der Waals surface area contributed by atoms with Crippen LogP contribution in [0.3, 0.4) is 0 Å². The van der Waals surface area contributed by atoms with Crippen LogP contribution in [0.5, 0.6) is 0 Å². The van der Waals surface area contributed by atoms with E-state index in [0.29, 0.717) is 5.02 Å². The molecular weight excluding hydrogens is 234 g/mol. The van der Waals surface area contributed by atoms with Gasteiger partial charge in [-0.05, 0) is 24.6 Å². The predicted octanol–water partition coefficient (Wildman–Crippen LogP) is 3.11. The van der Waals surface area contributed by atoms with Gasteiger partial charge in [0.25, 0.3) is 0 Å². The summed E-state index contributed by atoms with van der Waals surface area (Å²) in [6.07, 6.45) is 4.58. The van der Waals surface area contributed by atoms with Crippen molar-refractivity contribution in [3.8, 4) is 5.69 Å². The number of halogens is 1. The molecule has 1 heterocycles. The summed E-state index contributed by atoms with van der Waals surface area (Å²) in [4.78, 5) is 4.29. The van der Waals surface area contributed by atoms with Crippen molar-refractivity contribution in [2.45, 2.75) is 26.3 Å². The fourth-order valence-corrected chi connectivity index (χ4v) is 2.10. The minimum Gasteiger partial charge on any atom is -0.324 e. The molecule has 1 aromatic heterocycles. The molecule has 0 bridgehead atoms. The summed E-state index contributed by atoms with van der Waals surface area (Å²) in [5, 5.41) is 0.701. The Labute approximate surface area is 106 Å². The van der Waals surface area contributed by atoms with Crippen molar-refractivity contribution in [1.29, 1.82) is 0 Å². The Bertz CT molecular complexity index is 517. The van der Waals surface area contributed by atoms with Gasteiger partial charge < -0.3 is 10.3 Å². The van der Waals surface area contributed by atoms with Gasteiger partial charge in [-0.3, -0.25) is 0 Å². The van der Waals surface area contributed by atoms with Gasteiger partial charge >= 0.3 is 0 Å². The van der Waals surface area contributed by atoms with Crippen LogP contribution in [0.1, 0.15) is 31.3 Å². The average Bonchev–Trinajstić information content (AvgIpc) is 2.76. The number of benzene rings is 1. The highest BCUT2D eigenvalue weighted by Crippen LogP contribution is 2.25. The standard InChI is InChI=1S/C13H16ClN3/c1-3-13-16-6-7-17(13)12-5-4-10(9(2)15)8-11(12)14/h4-9H,3,15H2,1-2H3. The third kappa shape index (κ3) is 2.35. The van der Waals surface area contributed by atoms with Gasteiger partial charge in [0.15, 0.2) is 0 Å². The van der Waals surface area contributed by atoms with Crippen molar-refractivity contribution in [3.05, 3.63) is 47.0 Å². The summed E-state index contributed by atoms with van der Waals surface area (Å²) in [6, 6.07) is 5.91. The number of hydrogen-bond acceptors (Lipinski definition) is 2. The maximum atomic E-state index is 6.29. The zero-order valence-electron chi connectivity index (χ0n) is 10.0. The van der Waals surface area contributed by atoms with Gasteiger partial charge in [0.05, 0.1) is 10.7 Å². The van der Waals surface area contributed by atoms with E-state index in [1.54, 1.807) is 6.20 Å². The van der Waals surface area contributed by atoms with Gasteiger partial charge in [-0.2, -0.15) is 0 Å². The van der Waals surface area contributed by atoms with Crippen LogP contribution in [0, 0.1) is 0 Å². The normalized spacial score (nSPS) is 12.7. The maximum absolute atomic E-state index is 6.29. The van der Waals surface area contributed by atoms with Crippen molar-refractivity contribution < 1.29 is 0 Å². The zero-order valence-corrected chi connectivity index (χ0v) is 10.8. The molecule has 0 spiro atoms. The van der Waals surface area contributed by atoms with Crippen LogP contribution < -0.4 is 5.73 Å². The lowest BCUT2D eigenvalue weighted by Crippen LogP contribution is -2.06. The first kappa shape index (κ1) is 12.1. The number of aryl methyl sites for hydroxylation is 1. The lowest BCUT2D eigenvalue weighted by atomic mass is 10.1. The molecule has 0 fully saturated rings. The molecule has 2 aromatic rings. The smallest absolute Gasteiger partial charge is 0.112 e. The van der Waals surface area contributed by atoms with Gasteiger partial charge in [0.2, 0.25) is 0 Å². The van der Waals surface area contributed by atoms with Gasteiger partial charge in [0.1, 0.15) is 5.82 Å². The van der Waals surface area contributed by atoms with E-state index in [0.717, 1.165) is 23.5 Å². The number of hydrogen-bond donors (Lipinski definition) is 1. The van der Waals surface area contributed by atoms with Crippen LogP contribution in [-0.4, -0.2) is 9.55 Å². The number of nitrogens with two attached hydrogens (primary N) is 1. The molecule has 17 heavy (non-hydrogen) atoms. The highest BCUT2D eigenvalue weighted by molar-refractivity contribution is 6.32. The molecule has 0 amide bonds. The SMILES string of the molecule is CCc1nccn1-c1ccc(C(C)N)cc1Cl. The Morgan fingerprint density at radius 2 is 2.24 bits per heavy atom. The molecule has 3 nitrogen and oxygen atoms in total. The number of imidazole rings is 1. The van der Waals surface area contributed by atoms with E-state index in [-0.39, 0.29) is 6.04 Å². The molecule has 0 saturated heterocycles. The molecule has 0 aliphatic carbocycles. The highest BCUT2D eigenvalue weighted by Gasteiger charge is 2.09. The first-order valence-corrected chi connectivity index (χ1v) is 6.09. The summed E-state index contributed by atoms with van der Waals surface area (Å²) < 4.78 is 2.01. The molecule has 0 aliphatic heterocycles. The minimum absolute atomic E-state index is 0.00465. The Hall–Kier alpha value is -1.32. The van der Waals surface area contributed by atoms with Crippen molar-refractivity contribution >= 4 is 11.6 Å². The molecule has 1 aromatic carbocycles. The largest absolute Gasteiger partial charge is 0.324 e. The summed E-state index contributed by atoms with van der Waals surface area (Å²) in [6.45, 7) is 4.02. The minimum atomic E-state index is -0.00465. The second-order valence-electron chi connectivity index (χ2n) is 4.07. The van der Waals surface area contributed by atoms with E-state index >= 15 is 0 Å². The molecule has 0 saturated carbocycles. The predicted molar refractivity (Wildman–Crippen MR) is 70.6 cm³/mol. The van der Waals surface area contributed by atoms with E-state index < -0.39 is 0 Å². The zero-order chi connectivity index (χ0) is 12.4. The van der Waals surface area contributed by atoms with E-state index in [2.05, 4.69) is 11.9 Å². The fraction of sp³-hybridized carbons (Fsp3) is 0.308. The molecule has 1 atom stereocenters. The maximum Gasteiger partial charge on any atom is 0.112 e. The van der Waals surface area contributed by atoms with Crippen molar-refractivity contribution in [2.24, 2.45) is 5.73 Å². The Balaban J connectivity index is 2.47. The number of nitrogens with zero attached hydrogens (tertiary/aromatic N) is 2. The van der Waals surface area contributed by atoms with E-state index in [9.17, 15) is 0 Å². The Morgan fingerprint density at radius 1 is 1.47 bits per heavy atom. The van der Waals surface area contributed by atoms with Crippen LogP contribution >= 0.6 is 11.6 Å². The van der Waals surface area contributed by atoms with Crippen LogP contribution in [0.15, 0.2) is 30.6 Å². The van der Waals surface area contributed by atoms with E-state index in [4.69, 9.17) is 17.3 Å². The van der Waals surface area contributed by atoms with Gasteiger partial charge in [-0.15, -0.1) is 0 Å². The third-order valence-electron chi connectivity index (χ3n) is 2.79. The Morgan fingerprint density at radius 3 is 2.82 bits per heavy atom. The van der Waals surface area contributed by atoms with Gasteiger partial charge in [0, 0.05) is 24.9 Å². The first-order valence-electron chi connectivity index (χ1n) is 5.71. The second-order valence-corrected chi connectivity index (χ2v) is 4.47. The summed E-state index contributed by atoms with van der Waals surface area (Å²) in [5.41, 5.74) is 7.82. The fourth-order valence-electron chi connectivity index (χ4n) is 1.82. The monoisotopic (exact) mass is 249 g/mol. The lowest BCUT2D eigenvalue weighted by molar-refractivity contribution is 0.816. The molecule has 0 aliphatic rings. The topological polar surface area (TPSA) is 43.8 Å². The molecule has 2 N–H and O–H groups in total. The molecule has 2 rings (SSSR count). The third-order valence-corrected chi connectivity index (χ3v) is 3.09.